The summed E-state index contributed by atoms with van der Waals surface area (Å²) in [6, 6.07) is 5.84. The minimum atomic E-state index is 0.410. The standard InChI is InChI=1S/C15H18N4OS/c1-20-13-3-2-11(15(16)21)8-12(13)9-18-6-7-19-5-4-17-14(19)10-18/h2-5,8H,6-7,9-10H2,1H3,(H2,16,21). The Morgan fingerprint density at radius 3 is 3.05 bits per heavy atom. The van der Waals surface area contributed by atoms with E-state index in [1.54, 1.807) is 7.11 Å². The lowest BCUT2D eigenvalue weighted by Crippen LogP contribution is -2.33. The highest BCUT2D eigenvalue weighted by Gasteiger charge is 2.18. The second-order valence-corrected chi connectivity index (χ2v) is 5.58. The summed E-state index contributed by atoms with van der Waals surface area (Å²) in [5, 5.41) is 0. The summed E-state index contributed by atoms with van der Waals surface area (Å²) in [5.74, 6) is 1.97. The van der Waals surface area contributed by atoms with E-state index >= 15 is 0 Å². The molecule has 110 valence electrons. The number of nitrogens with zero attached hydrogens (tertiary/aromatic N) is 3. The summed E-state index contributed by atoms with van der Waals surface area (Å²) in [4.78, 5) is 7.15. The van der Waals surface area contributed by atoms with Crippen molar-refractivity contribution < 1.29 is 4.74 Å². The summed E-state index contributed by atoms with van der Waals surface area (Å²) < 4.78 is 7.64. The number of ether oxygens (including phenoxy) is 1. The van der Waals surface area contributed by atoms with Crippen molar-refractivity contribution in [3.8, 4) is 5.75 Å². The van der Waals surface area contributed by atoms with Gasteiger partial charge in [-0.2, -0.15) is 0 Å². The molecule has 2 aromatic rings. The van der Waals surface area contributed by atoms with Crippen LogP contribution in [0.15, 0.2) is 30.6 Å². The first-order valence-corrected chi connectivity index (χ1v) is 7.27. The van der Waals surface area contributed by atoms with Gasteiger partial charge in [-0.05, 0) is 18.2 Å². The Balaban J connectivity index is 1.81. The van der Waals surface area contributed by atoms with Crippen LogP contribution in [0.1, 0.15) is 17.0 Å². The zero-order valence-electron chi connectivity index (χ0n) is 12.0. The Hall–Kier alpha value is -1.92. The van der Waals surface area contributed by atoms with Gasteiger partial charge in [-0.1, -0.05) is 12.2 Å². The molecule has 0 bridgehead atoms. The quantitative estimate of drug-likeness (QED) is 0.868. The largest absolute Gasteiger partial charge is 0.496 e. The summed E-state index contributed by atoms with van der Waals surface area (Å²) in [6.07, 6.45) is 3.88. The maximum atomic E-state index is 5.72. The van der Waals surface area contributed by atoms with Crippen LogP contribution in [0.4, 0.5) is 0 Å². The third-order valence-electron chi connectivity index (χ3n) is 3.78. The molecule has 0 saturated heterocycles. The summed E-state index contributed by atoms with van der Waals surface area (Å²) in [7, 11) is 1.68. The normalized spacial score (nSPS) is 14.7. The number of hydrogen-bond donors (Lipinski definition) is 1. The molecule has 3 rings (SSSR count). The van der Waals surface area contributed by atoms with Gasteiger partial charge in [0.05, 0.1) is 13.7 Å². The van der Waals surface area contributed by atoms with Crippen molar-refractivity contribution in [1.82, 2.24) is 14.5 Å². The first kappa shape index (κ1) is 14.0. The van der Waals surface area contributed by atoms with Gasteiger partial charge in [0.15, 0.2) is 0 Å². The number of imidazole rings is 1. The minimum Gasteiger partial charge on any atom is -0.496 e. The summed E-state index contributed by atoms with van der Waals surface area (Å²) in [6.45, 7) is 3.59. The maximum absolute atomic E-state index is 5.72. The third kappa shape index (κ3) is 2.91. The third-order valence-corrected chi connectivity index (χ3v) is 4.02. The molecule has 6 heteroatoms. The smallest absolute Gasteiger partial charge is 0.123 e. The molecular weight excluding hydrogens is 284 g/mol. The Morgan fingerprint density at radius 1 is 1.43 bits per heavy atom. The molecule has 0 fully saturated rings. The van der Waals surface area contributed by atoms with Crippen LogP contribution in [0.25, 0.3) is 0 Å². The van der Waals surface area contributed by atoms with Crippen LogP contribution in [0.2, 0.25) is 0 Å². The molecule has 0 amide bonds. The van der Waals surface area contributed by atoms with Gasteiger partial charge in [0, 0.05) is 43.2 Å². The lowest BCUT2D eigenvalue weighted by molar-refractivity contribution is 0.206. The van der Waals surface area contributed by atoms with Crippen LogP contribution in [0, 0.1) is 0 Å². The number of methoxy groups -OCH3 is 1. The van der Waals surface area contributed by atoms with Gasteiger partial charge in [-0.3, -0.25) is 4.90 Å². The molecule has 0 aliphatic carbocycles. The van der Waals surface area contributed by atoms with E-state index in [0.717, 1.165) is 48.9 Å². The van der Waals surface area contributed by atoms with Gasteiger partial charge < -0.3 is 15.0 Å². The molecule has 0 spiro atoms. The van der Waals surface area contributed by atoms with Gasteiger partial charge >= 0.3 is 0 Å². The molecule has 21 heavy (non-hydrogen) atoms. The zero-order chi connectivity index (χ0) is 14.8. The number of rotatable bonds is 4. The summed E-state index contributed by atoms with van der Waals surface area (Å²) >= 11 is 5.06. The van der Waals surface area contributed by atoms with Crippen molar-refractivity contribution in [3.63, 3.8) is 0 Å². The SMILES string of the molecule is COc1ccc(C(N)=S)cc1CN1CCn2ccnc2C1. The molecule has 5 nitrogen and oxygen atoms in total. The van der Waals surface area contributed by atoms with E-state index < -0.39 is 0 Å². The lowest BCUT2D eigenvalue weighted by atomic mass is 10.1. The highest BCUT2D eigenvalue weighted by Crippen LogP contribution is 2.23. The van der Waals surface area contributed by atoms with E-state index in [9.17, 15) is 0 Å². The number of nitrogens with two attached hydrogens (primary N) is 1. The van der Waals surface area contributed by atoms with Crippen molar-refractivity contribution in [2.24, 2.45) is 5.73 Å². The van der Waals surface area contributed by atoms with Crippen LogP contribution in [0.5, 0.6) is 5.75 Å². The topological polar surface area (TPSA) is 56.3 Å². The van der Waals surface area contributed by atoms with Crippen molar-refractivity contribution in [2.45, 2.75) is 19.6 Å². The van der Waals surface area contributed by atoms with Crippen LogP contribution >= 0.6 is 12.2 Å². The van der Waals surface area contributed by atoms with Gasteiger partial charge in [0.25, 0.3) is 0 Å². The number of thiocarbonyl (C=S) groups is 1. The molecule has 2 heterocycles. The molecule has 0 unspecified atom stereocenters. The Labute approximate surface area is 129 Å². The van der Waals surface area contributed by atoms with E-state index in [1.165, 1.54) is 0 Å². The van der Waals surface area contributed by atoms with E-state index in [2.05, 4.69) is 14.5 Å². The first-order chi connectivity index (χ1) is 10.2. The Bertz CT molecular complexity index is 667. The average Bonchev–Trinajstić information content (AvgIpc) is 2.94. The van der Waals surface area contributed by atoms with Crippen LogP contribution in [-0.2, 0) is 19.6 Å². The average molecular weight is 302 g/mol. The number of aromatic nitrogens is 2. The van der Waals surface area contributed by atoms with Crippen molar-refractivity contribution in [3.05, 3.63) is 47.5 Å². The molecular formula is C15H18N4OS. The molecule has 0 radical (unpaired) electrons. The molecule has 1 aromatic carbocycles. The van der Waals surface area contributed by atoms with Gasteiger partial charge in [0.2, 0.25) is 0 Å². The number of hydrogen-bond acceptors (Lipinski definition) is 4. The van der Waals surface area contributed by atoms with Crippen molar-refractivity contribution in [2.75, 3.05) is 13.7 Å². The maximum Gasteiger partial charge on any atom is 0.123 e. The molecule has 1 aliphatic rings. The van der Waals surface area contributed by atoms with E-state index in [0.29, 0.717) is 4.99 Å². The highest BCUT2D eigenvalue weighted by atomic mass is 32.1. The highest BCUT2D eigenvalue weighted by molar-refractivity contribution is 7.80. The van der Waals surface area contributed by atoms with E-state index in [4.69, 9.17) is 22.7 Å². The van der Waals surface area contributed by atoms with Crippen LogP contribution in [-0.4, -0.2) is 33.1 Å². The monoisotopic (exact) mass is 302 g/mol. The predicted octanol–water partition coefficient (Wildman–Crippen LogP) is 1.54. The van der Waals surface area contributed by atoms with Gasteiger partial charge in [-0.15, -0.1) is 0 Å². The van der Waals surface area contributed by atoms with Gasteiger partial charge in [0.1, 0.15) is 16.6 Å². The Morgan fingerprint density at radius 2 is 2.29 bits per heavy atom. The van der Waals surface area contributed by atoms with Gasteiger partial charge in [-0.25, -0.2) is 4.98 Å². The predicted molar refractivity (Wildman–Crippen MR) is 85.2 cm³/mol. The first-order valence-electron chi connectivity index (χ1n) is 6.86. The van der Waals surface area contributed by atoms with Crippen LogP contribution in [0.3, 0.4) is 0 Å². The Kier molecular flexibility index (Phi) is 3.90. The number of fused-ring (bicyclic) bond motifs is 1. The second-order valence-electron chi connectivity index (χ2n) is 5.14. The second kappa shape index (κ2) is 5.83. The van der Waals surface area contributed by atoms with Crippen molar-refractivity contribution >= 4 is 17.2 Å². The van der Waals surface area contributed by atoms with Crippen LogP contribution < -0.4 is 10.5 Å². The lowest BCUT2D eigenvalue weighted by Gasteiger charge is -2.28. The van der Waals surface area contributed by atoms with E-state index in [1.807, 2.05) is 30.6 Å². The van der Waals surface area contributed by atoms with E-state index in [-0.39, 0.29) is 0 Å². The molecule has 1 aliphatic heterocycles. The summed E-state index contributed by atoms with van der Waals surface area (Å²) in [5.41, 5.74) is 7.69. The zero-order valence-corrected chi connectivity index (χ0v) is 12.8. The minimum absolute atomic E-state index is 0.410. The number of benzene rings is 1. The fraction of sp³-hybridized carbons (Fsp3) is 0.333. The fourth-order valence-electron chi connectivity index (χ4n) is 2.65. The molecule has 2 N–H and O–H groups in total. The molecule has 0 saturated carbocycles. The molecule has 1 aromatic heterocycles. The molecule has 0 atom stereocenters. The fourth-order valence-corrected chi connectivity index (χ4v) is 2.78. The van der Waals surface area contributed by atoms with Crippen molar-refractivity contribution in [1.29, 1.82) is 0 Å².